The van der Waals surface area contributed by atoms with Crippen molar-refractivity contribution in [2.45, 2.75) is 13.1 Å². The molecule has 3 heterocycles. The number of thiazole rings is 1. The third-order valence-electron chi connectivity index (χ3n) is 6.32. The SMILES string of the molecule is COc1ccccc1-c1nc2cc(Cl)ccc2cc1CN(Cc1ccc2c(c1)OCO2)C(=O)c1cncs1. The van der Waals surface area contributed by atoms with Crippen LogP contribution < -0.4 is 14.2 Å². The number of para-hydroxylation sites is 1. The van der Waals surface area contributed by atoms with Crippen molar-refractivity contribution >= 4 is 39.7 Å². The van der Waals surface area contributed by atoms with Crippen molar-refractivity contribution in [2.75, 3.05) is 13.9 Å². The second-order valence-electron chi connectivity index (χ2n) is 8.75. The lowest BCUT2D eigenvalue weighted by Crippen LogP contribution is -2.30. The zero-order valence-corrected chi connectivity index (χ0v) is 22.0. The van der Waals surface area contributed by atoms with Crippen LogP contribution >= 0.6 is 22.9 Å². The van der Waals surface area contributed by atoms with Crippen molar-refractivity contribution in [1.82, 2.24) is 14.9 Å². The first-order valence-electron chi connectivity index (χ1n) is 11.9. The van der Waals surface area contributed by atoms with Gasteiger partial charge in [-0.2, -0.15) is 0 Å². The molecule has 0 saturated carbocycles. The summed E-state index contributed by atoms with van der Waals surface area (Å²) in [5, 5.41) is 1.53. The first kappa shape index (κ1) is 24.2. The van der Waals surface area contributed by atoms with E-state index in [2.05, 4.69) is 11.1 Å². The Hall–Kier alpha value is -4.14. The third kappa shape index (κ3) is 4.76. The predicted octanol–water partition coefficient (Wildman–Crippen LogP) is 6.59. The molecule has 1 aliphatic heterocycles. The van der Waals surface area contributed by atoms with Gasteiger partial charge in [-0.15, -0.1) is 11.3 Å². The fourth-order valence-electron chi connectivity index (χ4n) is 4.52. The molecule has 6 rings (SSSR count). The first-order valence-corrected chi connectivity index (χ1v) is 13.1. The molecule has 0 spiro atoms. The number of pyridine rings is 1. The molecule has 0 bridgehead atoms. The molecule has 0 radical (unpaired) electrons. The smallest absolute Gasteiger partial charge is 0.266 e. The van der Waals surface area contributed by atoms with Gasteiger partial charge in [0.15, 0.2) is 11.5 Å². The highest BCUT2D eigenvalue weighted by molar-refractivity contribution is 7.11. The van der Waals surface area contributed by atoms with Crippen molar-refractivity contribution < 1.29 is 19.0 Å². The molecule has 0 unspecified atom stereocenters. The molecule has 2 aromatic heterocycles. The third-order valence-corrected chi connectivity index (χ3v) is 7.32. The van der Waals surface area contributed by atoms with Gasteiger partial charge in [0.1, 0.15) is 10.6 Å². The fraction of sp³-hybridized carbons (Fsp3) is 0.138. The number of nitrogens with zero attached hydrogens (tertiary/aromatic N) is 3. The van der Waals surface area contributed by atoms with Crippen LogP contribution in [0.3, 0.4) is 0 Å². The molecule has 0 atom stereocenters. The van der Waals surface area contributed by atoms with E-state index in [1.807, 2.05) is 60.7 Å². The Bertz CT molecular complexity index is 1640. The summed E-state index contributed by atoms with van der Waals surface area (Å²) in [7, 11) is 1.63. The highest BCUT2D eigenvalue weighted by atomic mass is 35.5. The monoisotopic (exact) mass is 543 g/mol. The molecular weight excluding hydrogens is 522 g/mol. The highest BCUT2D eigenvalue weighted by Crippen LogP contribution is 2.36. The van der Waals surface area contributed by atoms with E-state index in [-0.39, 0.29) is 12.7 Å². The Morgan fingerprint density at radius 3 is 2.76 bits per heavy atom. The van der Waals surface area contributed by atoms with Gasteiger partial charge in [0, 0.05) is 29.1 Å². The summed E-state index contributed by atoms with van der Waals surface area (Å²) in [6, 6.07) is 21.1. The van der Waals surface area contributed by atoms with Gasteiger partial charge in [-0.25, -0.2) is 4.98 Å². The number of methoxy groups -OCH3 is 1. The van der Waals surface area contributed by atoms with Crippen LogP contribution in [-0.4, -0.2) is 34.7 Å². The highest BCUT2D eigenvalue weighted by Gasteiger charge is 2.23. The Balaban J connectivity index is 1.45. The standard InChI is InChI=1S/C29H22ClN3O4S/c1-35-24-5-3-2-4-22(24)28-20(11-19-7-8-21(30)12-23(19)32-28)15-33(29(34)27-13-31-16-38-27)14-18-6-9-25-26(10-18)37-17-36-25/h2-13,16H,14-15,17H2,1H3. The van der Waals surface area contributed by atoms with Gasteiger partial charge in [0.2, 0.25) is 6.79 Å². The van der Waals surface area contributed by atoms with E-state index < -0.39 is 0 Å². The lowest BCUT2D eigenvalue weighted by atomic mass is 10.0. The van der Waals surface area contributed by atoms with Gasteiger partial charge in [-0.1, -0.05) is 35.9 Å². The number of benzene rings is 3. The van der Waals surface area contributed by atoms with E-state index in [9.17, 15) is 4.79 Å². The Morgan fingerprint density at radius 1 is 1.05 bits per heavy atom. The van der Waals surface area contributed by atoms with Crippen molar-refractivity contribution in [1.29, 1.82) is 0 Å². The molecule has 3 aromatic carbocycles. The first-order chi connectivity index (χ1) is 18.6. The average molecular weight is 544 g/mol. The van der Waals surface area contributed by atoms with Crippen LogP contribution in [0.2, 0.25) is 5.02 Å². The molecule has 1 amide bonds. The lowest BCUT2D eigenvalue weighted by molar-refractivity contribution is 0.0735. The molecular formula is C29H22ClN3O4S. The lowest BCUT2D eigenvalue weighted by Gasteiger charge is -2.24. The average Bonchev–Trinajstić information content (AvgIpc) is 3.64. The number of fused-ring (bicyclic) bond motifs is 2. The molecule has 1 aliphatic rings. The van der Waals surface area contributed by atoms with Gasteiger partial charge >= 0.3 is 0 Å². The maximum atomic E-state index is 13.7. The maximum absolute atomic E-state index is 13.7. The molecule has 9 heteroatoms. The van der Waals surface area contributed by atoms with E-state index >= 15 is 0 Å². The topological polar surface area (TPSA) is 73.8 Å². The number of carbonyl (C=O) groups is 1. The largest absolute Gasteiger partial charge is 0.496 e. The number of hydrogen-bond acceptors (Lipinski definition) is 7. The minimum atomic E-state index is -0.118. The summed E-state index contributed by atoms with van der Waals surface area (Å²) in [4.78, 5) is 25.2. The second-order valence-corrected chi connectivity index (χ2v) is 10.1. The van der Waals surface area contributed by atoms with Gasteiger partial charge in [-0.3, -0.25) is 9.78 Å². The van der Waals surface area contributed by atoms with Crippen LogP contribution in [-0.2, 0) is 13.1 Å². The van der Waals surface area contributed by atoms with Gasteiger partial charge in [0.25, 0.3) is 5.91 Å². The number of carbonyl (C=O) groups excluding carboxylic acids is 1. The molecule has 0 N–H and O–H groups in total. The number of hydrogen-bond donors (Lipinski definition) is 0. The Labute approximate surface area is 228 Å². The number of amides is 1. The van der Waals surface area contributed by atoms with Crippen LogP contribution in [0.15, 0.2) is 78.4 Å². The zero-order valence-electron chi connectivity index (χ0n) is 20.4. The summed E-state index contributed by atoms with van der Waals surface area (Å²) in [5.74, 6) is 1.95. The summed E-state index contributed by atoms with van der Waals surface area (Å²) >= 11 is 7.60. The van der Waals surface area contributed by atoms with Crippen LogP contribution in [0.1, 0.15) is 20.8 Å². The maximum Gasteiger partial charge on any atom is 0.266 e. The van der Waals surface area contributed by atoms with Gasteiger partial charge in [-0.05, 0) is 53.6 Å². The van der Waals surface area contributed by atoms with Crippen LogP contribution in [0.4, 0.5) is 0 Å². The van der Waals surface area contributed by atoms with Crippen molar-refractivity contribution in [3.8, 4) is 28.5 Å². The summed E-state index contributed by atoms with van der Waals surface area (Å²) in [5.41, 5.74) is 5.78. The molecule has 190 valence electrons. The minimum absolute atomic E-state index is 0.118. The molecule has 0 fully saturated rings. The summed E-state index contributed by atoms with van der Waals surface area (Å²) < 4.78 is 16.7. The number of aromatic nitrogens is 2. The fourth-order valence-corrected chi connectivity index (χ4v) is 5.27. The van der Waals surface area contributed by atoms with Crippen LogP contribution in [0.5, 0.6) is 17.2 Å². The second kappa shape index (κ2) is 10.3. The number of halogens is 1. The quantitative estimate of drug-likeness (QED) is 0.230. The number of ether oxygens (including phenoxy) is 3. The normalized spacial score (nSPS) is 12.1. The number of rotatable bonds is 7. The molecule has 5 aromatic rings. The molecule has 0 saturated heterocycles. The summed E-state index contributed by atoms with van der Waals surface area (Å²) in [6.07, 6.45) is 1.60. The molecule has 7 nitrogen and oxygen atoms in total. The van der Waals surface area contributed by atoms with Crippen molar-refractivity contribution in [3.05, 3.63) is 99.5 Å². The van der Waals surface area contributed by atoms with Crippen LogP contribution in [0, 0.1) is 0 Å². The van der Waals surface area contributed by atoms with E-state index in [1.165, 1.54) is 11.3 Å². The molecule has 38 heavy (non-hydrogen) atoms. The van der Waals surface area contributed by atoms with Crippen molar-refractivity contribution in [3.63, 3.8) is 0 Å². The van der Waals surface area contributed by atoms with E-state index in [0.717, 1.165) is 33.3 Å². The van der Waals surface area contributed by atoms with E-state index in [4.69, 9.17) is 30.8 Å². The van der Waals surface area contributed by atoms with Gasteiger partial charge < -0.3 is 19.1 Å². The zero-order chi connectivity index (χ0) is 26.1. The Morgan fingerprint density at radius 2 is 1.92 bits per heavy atom. The minimum Gasteiger partial charge on any atom is -0.496 e. The predicted molar refractivity (Wildman–Crippen MR) is 147 cm³/mol. The summed E-state index contributed by atoms with van der Waals surface area (Å²) in [6.45, 7) is 0.860. The van der Waals surface area contributed by atoms with Crippen molar-refractivity contribution in [2.24, 2.45) is 0 Å². The molecule has 0 aliphatic carbocycles. The van der Waals surface area contributed by atoms with Gasteiger partial charge in [0.05, 0.1) is 30.0 Å². The Kier molecular flexibility index (Phi) is 6.57. The van der Waals surface area contributed by atoms with Crippen LogP contribution in [0.25, 0.3) is 22.2 Å². The van der Waals surface area contributed by atoms with E-state index in [0.29, 0.717) is 40.2 Å². The van der Waals surface area contributed by atoms with E-state index in [1.54, 1.807) is 23.7 Å².